The average molecular weight is 291 g/mol. The highest BCUT2D eigenvalue weighted by Gasteiger charge is 2.17. The second kappa shape index (κ2) is 6.04. The predicted octanol–water partition coefficient (Wildman–Crippen LogP) is 1.88. The van der Waals surface area contributed by atoms with Crippen molar-refractivity contribution in [1.82, 2.24) is 9.55 Å². The van der Waals surface area contributed by atoms with Crippen LogP contribution in [-0.2, 0) is 6.54 Å². The van der Waals surface area contributed by atoms with E-state index < -0.39 is 10.9 Å². The van der Waals surface area contributed by atoms with E-state index in [-0.39, 0.29) is 30.3 Å². The van der Waals surface area contributed by atoms with E-state index in [1.54, 1.807) is 25.1 Å². The first-order valence-electron chi connectivity index (χ1n) is 6.12. The first-order valence-corrected chi connectivity index (χ1v) is 6.12. The summed E-state index contributed by atoms with van der Waals surface area (Å²) < 4.78 is 6.82. The lowest BCUT2D eigenvalue weighted by Gasteiger charge is -2.08. The van der Waals surface area contributed by atoms with Crippen molar-refractivity contribution in [1.29, 1.82) is 0 Å². The third kappa shape index (κ3) is 3.16. The van der Waals surface area contributed by atoms with Crippen molar-refractivity contribution >= 4 is 11.8 Å². The van der Waals surface area contributed by atoms with E-state index >= 15 is 0 Å². The van der Waals surface area contributed by atoms with Crippen LogP contribution in [0, 0.1) is 17.0 Å². The molecule has 1 aromatic heterocycles. The fraction of sp³-hybridized carbons (Fsp3) is 0.231. The van der Waals surface area contributed by atoms with Gasteiger partial charge in [0, 0.05) is 6.92 Å². The van der Waals surface area contributed by atoms with Crippen molar-refractivity contribution in [2.24, 2.45) is 0 Å². The molecule has 110 valence electrons. The zero-order valence-electron chi connectivity index (χ0n) is 11.2. The van der Waals surface area contributed by atoms with Gasteiger partial charge in [-0.05, 0) is 17.1 Å². The zero-order valence-corrected chi connectivity index (χ0v) is 11.2. The summed E-state index contributed by atoms with van der Waals surface area (Å²) in [4.78, 5) is 25.2. The Balaban J connectivity index is 2.07. The van der Waals surface area contributed by atoms with E-state index in [0.29, 0.717) is 5.82 Å². The third-order valence-corrected chi connectivity index (χ3v) is 2.91. The van der Waals surface area contributed by atoms with Crippen LogP contribution >= 0.6 is 0 Å². The SMILES string of the molecule is Cc1ncc([N+](=O)[O-])n1CCOc1ccccc1C(=O)O. The second-order valence-corrected chi connectivity index (χ2v) is 4.22. The minimum atomic E-state index is -1.09. The molecule has 1 heterocycles. The number of benzene rings is 1. The van der Waals surface area contributed by atoms with Crippen LogP contribution in [0.3, 0.4) is 0 Å². The molecule has 0 fully saturated rings. The van der Waals surface area contributed by atoms with Crippen LogP contribution in [0.5, 0.6) is 5.75 Å². The first-order chi connectivity index (χ1) is 10.0. The maximum Gasteiger partial charge on any atom is 0.342 e. The quantitative estimate of drug-likeness (QED) is 0.643. The van der Waals surface area contributed by atoms with Gasteiger partial charge in [-0.3, -0.25) is 0 Å². The number of carboxylic acids is 1. The maximum atomic E-state index is 11.0. The Kier molecular flexibility index (Phi) is 4.17. The number of carboxylic acid groups (broad SMARTS) is 1. The van der Waals surface area contributed by atoms with E-state index in [4.69, 9.17) is 9.84 Å². The van der Waals surface area contributed by atoms with Crippen LogP contribution in [0.4, 0.5) is 5.82 Å². The van der Waals surface area contributed by atoms with Gasteiger partial charge < -0.3 is 20.0 Å². The monoisotopic (exact) mass is 291 g/mol. The Hall–Kier alpha value is -2.90. The molecule has 0 unspecified atom stereocenters. The van der Waals surface area contributed by atoms with Gasteiger partial charge in [0.05, 0.1) is 0 Å². The molecule has 0 saturated heterocycles. The van der Waals surface area contributed by atoms with E-state index in [2.05, 4.69) is 4.98 Å². The van der Waals surface area contributed by atoms with Crippen LogP contribution < -0.4 is 4.74 Å². The molecule has 1 aromatic carbocycles. The number of rotatable bonds is 6. The fourth-order valence-electron chi connectivity index (χ4n) is 1.89. The van der Waals surface area contributed by atoms with Gasteiger partial charge in [0.2, 0.25) is 0 Å². The van der Waals surface area contributed by atoms with E-state index in [1.165, 1.54) is 16.8 Å². The lowest BCUT2D eigenvalue weighted by Crippen LogP contribution is -2.13. The summed E-state index contributed by atoms with van der Waals surface area (Å²) in [6.07, 6.45) is 1.18. The normalized spacial score (nSPS) is 10.3. The Labute approximate surface area is 119 Å². The van der Waals surface area contributed by atoms with Crippen molar-refractivity contribution < 1.29 is 19.6 Å². The van der Waals surface area contributed by atoms with Gasteiger partial charge >= 0.3 is 11.8 Å². The van der Waals surface area contributed by atoms with Crippen LogP contribution in [-0.4, -0.2) is 32.2 Å². The van der Waals surface area contributed by atoms with Gasteiger partial charge in [-0.25, -0.2) is 14.3 Å². The highest BCUT2D eigenvalue weighted by molar-refractivity contribution is 5.90. The number of aromatic nitrogens is 2. The van der Waals surface area contributed by atoms with Gasteiger partial charge in [-0.1, -0.05) is 12.1 Å². The number of carbonyl (C=O) groups is 1. The number of aromatic carboxylic acids is 1. The van der Waals surface area contributed by atoms with Crippen LogP contribution in [0.2, 0.25) is 0 Å². The lowest BCUT2D eigenvalue weighted by atomic mass is 10.2. The van der Waals surface area contributed by atoms with E-state index in [1.807, 2.05) is 0 Å². The summed E-state index contributed by atoms with van der Waals surface area (Å²) in [5, 5.41) is 19.9. The standard InChI is InChI=1S/C13H13N3O5/c1-9-14-8-12(16(19)20)15(9)6-7-21-11-5-3-2-4-10(11)13(17)18/h2-5,8H,6-7H2,1H3,(H,17,18). The molecule has 21 heavy (non-hydrogen) atoms. The summed E-state index contributed by atoms with van der Waals surface area (Å²) in [7, 11) is 0. The van der Waals surface area contributed by atoms with Crippen LogP contribution in [0.25, 0.3) is 0 Å². The summed E-state index contributed by atoms with van der Waals surface area (Å²) in [6, 6.07) is 6.23. The van der Waals surface area contributed by atoms with Crippen molar-refractivity contribution in [3.63, 3.8) is 0 Å². The Morgan fingerprint density at radius 3 is 2.86 bits per heavy atom. The zero-order chi connectivity index (χ0) is 15.4. The first kappa shape index (κ1) is 14.5. The third-order valence-electron chi connectivity index (χ3n) is 2.91. The molecular formula is C13H13N3O5. The van der Waals surface area contributed by atoms with Crippen molar-refractivity contribution in [2.45, 2.75) is 13.5 Å². The molecule has 2 aromatic rings. The molecule has 0 bridgehead atoms. The lowest BCUT2D eigenvalue weighted by molar-refractivity contribution is -0.392. The molecule has 0 aliphatic carbocycles. The Bertz CT molecular complexity index is 680. The topological polar surface area (TPSA) is 107 Å². The highest BCUT2D eigenvalue weighted by Crippen LogP contribution is 2.18. The number of ether oxygens (including phenoxy) is 1. The molecular weight excluding hydrogens is 278 g/mol. The summed E-state index contributed by atoms with van der Waals surface area (Å²) >= 11 is 0. The molecule has 0 aliphatic heterocycles. The molecule has 0 atom stereocenters. The predicted molar refractivity (Wildman–Crippen MR) is 72.5 cm³/mol. The minimum absolute atomic E-state index is 0.0503. The molecule has 8 heteroatoms. The van der Waals surface area contributed by atoms with E-state index in [9.17, 15) is 14.9 Å². The molecule has 0 spiro atoms. The average Bonchev–Trinajstić information content (AvgIpc) is 2.81. The maximum absolute atomic E-state index is 11.0. The fourth-order valence-corrected chi connectivity index (χ4v) is 1.89. The largest absolute Gasteiger partial charge is 0.489 e. The highest BCUT2D eigenvalue weighted by atomic mass is 16.6. The number of aryl methyl sites for hydroxylation is 1. The van der Waals surface area contributed by atoms with E-state index in [0.717, 1.165) is 0 Å². The van der Waals surface area contributed by atoms with Crippen LogP contribution in [0.1, 0.15) is 16.2 Å². The van der Waals surface area contributed by atoms with Gasteiger partial charge in [-0.2, -0.15) is 0 Å². The molecule has 8 nitrogen and oxygen atoms in total. The molecule has 0 saturated carbocycles. The molecule has 0 amide bonds. The van der Waals surface area contributed by atoms with Gasteiger partial charge in [0.25, 0.3) is 0 Å². The number of nitrogens with zero attached hydrogens (tertiary/aromatic N) is 3. The smallest absolute Gasteiger partial charge is 0.342 e. The molecule has 1 N–H and O–H groups in total. The second-order valence-electron chi connectivity index (χ2n) is 4.22. The summed E-state index contributed by atoms with van der Waals surface area (Å²) in [5.74, 6) is -0.486. The van der Waals surface area contributed by atoms with Crippen molar-refractivity contribution in [2.75, 3.05) is 6.61 Å². The van der Waals surface area contributed by atoms with Gasteiger partial charge in [-0.15, -0.1) is 0 Å². The van der Waals surface area contributed by atoms with Crippen molar-refractivity contribution in [3.8, 4) is 5.75 Å². The van der Waals surface area contributed by atoms with Crippen LogP contribution in [0.15, 0.2) is 30.5 Å². The van der Waals surface area contributed by atoms with Crippen molar-refractivity contribution in [3.05, 3.63) is 52.0 Å². The van der Waals surface area contributed by atoms with Gasteiger partial charge in [0.1, 0.15) is 30.7 Å². The Morgan fingerprint density at radius 1 is 1.48 bits per heavy atom. The number of nitro groups is 1. The Morgan fingerprint density at radius 2 is 2.19 bits per heavy atom. The number of hydrogen-bond donors (Lipinski definition) is 1. The summed E-state index contributed by atoms with van der Waals surface area (Å²) in [6.45, 7) is 1.95. The number of hydrogen-bond acceptors (Lipinski definition) is 5. The number of para-hydroxylation sites is 1. The van der Waals surface area contributed by atoms with Gasteiger partial charge in [0.15, 0.2) is 5.82 Å². The molecule has 0 aliphatic rings. The molecule has 0 radical (unpaired) electrons. The molecule has 2 rings (SSSR count). The summed E-state index contributed by atoms with van der Waals surface area (Å²) in [5.41, 5.74) is 0.0503. The minimum Gasteiger partial charge on any atom is -0.489 e. The number of imidazole rings is 1.